The Hall–Kier alpha value is -1.93. The first-order valence-corrected chi connectivity index (χ1v) is 12.1. The Morgan fingerprint density at radius 2 is 1.93 bits per heavy atom. The van der Waals surface area contributed by atoms with E-state index in [0.29, 0.717) is 11.5 Å². The highest BCUT2D eigenvalue weighted by atomic mass is 32.2. The quantitative estimate of drug-likeness (QED) is 0.659. The summed E-state index contributed by atoms with van der Waals surface area (Å²) < 4.78 is 23.5. The summed E-state index contributed by atoms with van der Waals surface area (Å²) in [5.74, 6) is 1.66. The van der Waals surface area contributed by atoms with Gasteiger partial charge >= 0.3 is 0 Å². The van der Waals surface area contributed by atoms with Crippen LogP contribution in [0, 0.1) is 0 Å². The lowest BCUT2D eigenvalue weighted by Gasteiger charge is -2.23. The number of hydrogen-bond donors (Lipinski definition) is 0. The molecule has 2 heterocycles. The molecular formula is C21H28N2O4S2. The summed E-state index contributed by atoms with van der Waals surface area (Å²) in [7, 11) is 1.91. The minimum Gasteiger partial charge on any atom is -0.497 e. The number of rotatable bonds is 7. The number of benzene rings is 1. The van der Waals surface area contributed by atoms with Crippen LogP contribution in [0.1, 0.15) is 38.3 Å². The van der Waals surface area contributed by atoms with Gasteiger partial charge in [0, 0.05) is 35.3 Å². The number of amides is 1. The molecule has 1 aliphatic heterocycles. The predicted molar refractivity (Wildman–Crippen MR) is 117 cm³/mol. The van der Waals surface area contributed by atoms with E-state index in [4.69, 9.17) is 9.47 Å². The number of carbonyl (C=O) groups is 1. The molecule has 1 amide bonds. The first-order chi connectivity index (χ1) is 14.0. The number of nitrogens with zero attached hydrogens (tertiary/aromatic N) is 2. The highest BCUT2D eigenvalue weighted by molar-refractivity contribution is 7.85. The van der Waals surface area contributed by atoms with Crippen LogP contribution in [0.3, 0.4) is 0 Å². The first kappa shape index (κ1) is 21.8. The van der Waals surface area contributed by atoms with Crippen molar-refractivity contribution in [1.82, 2.24) is 9.88 Å². The zero-order valence-electron chi connectivity index (χ0n) is 17.2. The van der Waals surface area contributed by atoms with Crippen molar-refractivity contribution >= 4 is 28.0 Å². The summed E-state index contributed by atoms with van der Waals surface area (Å²) >= 11 is 1.48. The van der Waals surface area contributed by atoms with Crippen LogP contribution in [-0.2, 0) is 21.3 Å². The summed E-state index contributed by atoms with van der Waals surface area (Å²) in [6.45, 7) is 3.32. The van der Waals surface area contributed by atoms with Crippen molar-refractivity contribution in [3.05, 3.63) is 29.3 Å². The number of methoxy groups -OCH3 is 2. The van der Waals surface area contributed by atoms with Crippen LogP contribution in [0.5, 0.6) is 11.5 Å². The molecular weight excluding hydrogens is 408 g/mol. The van der Waals surface area contributed by atoms with E-state index in [2.05, 4.69) is 4.98 Å². The topological polar surface area (TPSA) is 68.7 Å². The van der Waals surface area contributed by atoms with Gasteiger partial charge in [-0.15, -0.1) is 11.3 Å². The largest absolute Gasteiger partial charge is 0.497 e. The zero-order valence-corrected chi connectivity index (χ0v) is 18.8. The molecule has 158 valence electrons. The van der Waals surface area contributed by atoms with Crippen LogP contribution in [-0.4, -0.2) is 52.6 Å². The van der Waals surface area contributed by atoms with Crippen molar-refractivity contribution in [3.63, 3.8) is 0 Å². The number of hydrogen-bond acceptors (Lipinski definition) is 6. The summed E-state index contributed by atoms with van der Waals surface area (Å²) in [5, 5.41) is 2.18. The van der Waals surface area contributed by atoms with Gasteiger partial charge in [0.25, 0.3) is 0 Å². The van der Waals surface area contributed by atoms with Crippen molar-refractivity contribution < 1.29 is 18.5 Å². The van der Waals surface area contributed by atoms with Crippen LogP contribution in [0.2, 0.25) is 0 Å². The maximum absolute atomic E-state index is 12.8. The predicted octanol–water partition coefficient (Wildman–Crippen LogP) is 3.87. The molecule has 0 bridgehead atoms. The van der Waals surface area contributed by atoms with Crippen molar-refractivity contribution in [2.75, 3.05) is 27.3 Å². The number of aromatic nitrogens is 1. The average Bonchev–Trinajstić information content (AvgIpc) is 3.03. The maximum atomic E-state index is 12.8. The SMILES string of the molecule is COc1ccc(-c2nc(CS(=O)C(C)C(=O)N3CCCCCC3)cs2)c(OC)c1. The lowest BCUT2D eigenvalue weighted by molar-refractivity contribution is -0.130. The van der Waals surface area contributed by atoms with Crippen LogP contribution < -0.4 is 9.47 Å². The van der Waals surface area contributed by atoms with Gasteiger partial charge in [-0.2, -0.15) is 0 Å². The molecule has 6 nitrogen and oxygen atoms in total. The third-order valence-electron chi connectivity index (χ3n) is 5.14. The minimum absolute atomic E-state index is 0.00231. The fourth-order valence-corrected chi connectivity index (χ4v) is 5.42. The van der Waals surface area contributed by atoms with Crippen molar-refractivity contribution in [2.24, 2.45) is 0 Å². The van der Waals surface area contributed by atoms with E-state index in [0.717, 1.165) is 55.0 Å². The van der Waals surface area contributed by atoms with E-state index in [1.807, 2.05) is 28.5 Å². The first-order valence-electron chi connectivity index (χ1n) is 9.86. The van der Waals surface area contributed by atoms with Gasteiger partial charge in [0.05, 0.1) is 31.2 Å². The molecule has 0 N–H and O–H groups in total. The molecule has 3 rings (SSSR count). The number of likely N-dealkylation sites (tertiary alicyclic amines) is 1. The highest BCUT2D eigenvalue weighted by Crippen LogP contribution is 2.35. The molecule has 29 heavy (non-hydrogen) atoms. The second-order valence-electron chi connectivity index (χ2n) is 7.12. The summed E-state index contributed by atoms with van der Waals surface area (Å²) in [5.41, 5.74) is 1.60. The van der Waals surface area contributed by atoms with E-state index in [-0.39, 0.29) is 11.7 Å². The molecule has 1 aromatic heterocycles. The normalized spacial score (nSPS) is 16.7. The molecule has 1 aromatic carbocycles. The molecule has 0 saturated carbocycles. The zero-order chi connectivity index (χ0) is 20.8. The Kier molecular flexibility index (Phi) is 7.66. The Balaban J connectivity index is 1.68. The van der Waals surface area contributed by atoms with Crippen LogP contribution >= 0.6 is 11.3 Å². The lowest BCUT2D eigenvalue weighted by Crippen LogP contribution is -2.40. The maximum Gasteiger partial charge on any atom is 0.238 e. The summed E-state index contributed by atoms with van der Waals surface area (Å²) in [6.07, 6.45) is 4.39. The molecule has 0 spiro atoms. The van der Waals surface area contributed by atoms with Gasteiger partial charge in [-0.05, 0) is 31.9 Å². The van der Waals surface area contributed by atoms with Gasteiger partial charge in [-0.1, -0.05) is 12.8 Å². The lowest BCUT2D eigenvalue weighted by atomic mass is 10.2. The van der Waals surface area contributed by atoms with Gasteiger partial charge in [0.2, 0.25) is 5.91 Å². The third-order valence-corrected chi connectivity index (χ3v) is 7.64. The average molecular weight is 437 g/mol. The van der Waals surface area contributed by atoms with E-state index < -0.39 is 16.0 Å². The smallest absolute Gasteiger partial charge is 0.238 e. The Bertz CT molecular complexity index is 860. The van der Waals surface area contributed by atoms with Gasteiger partial charge in [0.15, 0.2) is 0 Å². The Morgan fingerprint density at radius 3 is 2.59 bits per heavy atom. The van der Waals surface area contributed by atoms with E-state index in [9.17, 15) is 9.00 Å². The van der Waals surface area contributed by atoms with Gasteiger partial charge in [0.1, 0.15) is 21.8 Å². The molecule has 0 aliphatic carbocycles. The number of thiazole rings is 1. The van der Waals surface area contributed by atoms with Crippen molar-refractivity contribution in [2.45, 2.75) is 43.6 Å². The van der Waals surface area contributed by atoms with Crippen LogP contribution in [0.25, 0.3) is 10.6 Å². The summed E-state index contributed by atoms with van der Waals surface area (Å²) in [4.78, 5) is 19.3. The van der Waals surface area contributed by atoms with E-state index in [1.54, 1.807) is 21.1 Å². The monoisotopic (exact) mass is 436 g/mol. The van der Waals surface area contributed by atoms with Crippen LogP contribution in [0.4, 0.5) is 0 Å². The molecule has 1 saturated heterocycles. The second kappa shape index (κ2) is 10.2. The van der Waals surface area contributed by atoms with Crippen molar-refractivity contribution in [1.29, 1.82) is 0 Å². The van der Waals surface area contributed by atoms with Gasteiger partial charge in [-0.3, -0.25) is 9.00 Å². The highest BCUT2D eigenvalue weighted by Gasteiger charge is 2.26. The summed E-state index contributed by atoms with van der Waals surface area (Å²) in [6, 6.07) is 5.58. The minimum atomic E-state index is -1.31. The van der Waals surface area contributed by atoms with E-state index in [1.165, 1.54) is 11.3 Å². The van der Waals surface area contributed by atoms with Crippen LogP contribution in [0.15, 0.2) is 23.6 Å². The number of ether oxygens (including phenoxy) is 2. The number of carbonyl (C=O) groups excluding carboxylic acids is 1. The molecule has 2 aromatic rings. The molecule has 8 heteroatoms. The van der Waals surface area contributed by atoms with Gasteiger partial charge < -0.3 is 14.4 Å². The second-order valence-corrected chi connectivity index (χ2v) is 9.73. The fraction of sp³-hybridized carbons (Fsp3) is 0.524. The molecule has 1 fully saturated rings. The van der Waals surface area contributed by atoms with E-state index >= 15 is 0 Å². The molecule has 2 atom stereocenters. The molecule has 1 aliphatic rings. The third kappa shape index (κ3) is 5.36. The van der Waals surface area contributed by atoms with Crippen molar-refractivity contribution in [3.8, 4) is 22.1 Å². The Morgan fingerprint density at radius 1 is 1.21 bits per heavy atom. The molecule has 0 radical (unpaired) electrons. The molecule has 2 unspecified atom stereocenters. The fourth-order valence-electron chi connectivity index (χ4n) is 3.40. The standard InChI is InChI=1S/C21H28N2O4S2/c1-15(21(24)23-10-6-4-5-7-11-23)29(25)14-16-13-28-20(22-16)18-9-8-17(26-2)12-19(18)27-3/h8-9,12-13,15H,4-7,10-11,14H2,1-3H3. The van der Waals surface area contributed by atoms with Gasteiger partial charge in [-0.25, -0.2) is 4.98 Å². The Labute approximate surface area is 178 Å².